The SMILES string of the molecule is O=C(Nc1cc(-c2c(F)c(F)c(C(F)(F)F)c(F)c2F)c(F)cc1O)C(F)(F)Br. The third-order valence-electron chi connectivity index (χ3n) is 3.41. The van der Waals surface area contributed by atoms with Crippen molar-refractivity contribution in [3.05, 3.63) is 46.8 Å². The first-order chi connectivity index (χ1) is 13.1. The van der Waals surface area contributed by atoms with Gasteiger partial charge in [0.15, 0.2) is 23.3 Å². The Hall–Kier alpha value is -2.51. The molecule has 0 aliphatic carbocycles. The second kappa shape index (κ2) is 7.39. The van der Waals surface area contributed by atoms with E-state index in [-0.39, 0.29) is 12.1 Å². The van der Waals surface area contributed by atoms with Crippen molar-refractivity contribution in [2.75, 3.05) is 5.32 Å². The molecule has 0 bridgehead atoms. The monoisotopic (exact) mass is 499 g/mol. The summed E-state index contributed by atoms with van der Waals surface area (Å²) in [5, 5.41) is 10.8. The third-order valence-corrected chi connectivity index (χ3v) is 3.77. The van der Waals surface area contributed by atoms with E-state index >= 15 is 0 Å². The van der Waals surface area contributed by atoms with Crippen molar-refractivity contribution in [3.63, 3.8) is 0 Å². The number of anilines is 1. The summed E-state index contributed by atoms with van der Waals surface area (Å²) in [6.45, 7) is 0. The summed E-state index contributed by atoms with van der Waals surface area (Å²) < 4.78 is 133. The highest BCUT2D eigenvalue weighted by molar-refractivity contribution is 9.10. The highest BCUT2D eigenvalue weighted by Crippen LogP contribution is 2.42. The van der Waals surface area contributed by atoms with Crippen LogP contribution in [0.5, 0.6) is 5.75 Å². The lowest BCUT2D eigenvalue weighted by Gasteiger charge is -2.16. The number of alkyl halides is 6. The minimum absolute atomic E-state index is 0.0175. The molecule has 0 unspecified atom stereocenters. The van der Waals surface area contributed by atoms with Crippen molar-refractivity contribution in [1.82, 2.24) is 0 Å². The summed E-state index contributed by atoms with van der Waals surface area (Å²) in [6, 6.07) is 0.110. The molecule has 2 rings (SSSR count). The second-order valence-electron chi connectivity index (χ2n) is 5.30. The molecule has 158 valence electrons. The lowest BCUT2D eigenvalue weighted by atomic mass is 9.99. The molecule has 0 aromatic heterocycles. The highest BCUT2D eigenvalue weighted by atomic mass is 79.9. The topological polar surface area (TPSA) is 49.3 Å². The molecule has 0 saturated heterocycles. The largest absolute Gasteiger partial charge is 0.506 e. The first-order valence-electron chi connectivity index (χ1n) is 6.91. The van der Waals surface area contributed by atoms with Crippen LogP contribution < -0.4 is 5.32 Å². The van der Waals surface area contributed by atoms with E-state index in [1.807, 2.05) is 0 Å². The van der Waals surface area contributed by atoms with Gasteiger partial charge in [-0.25, -0.2) is 22.0 Å². The van der Waals surface area contributed by atoms with E-state index in [1.54, 1.807) is 15.9 Å². The van der Waals surface area contributed by atoms with Gasteiger partial charge >= 0.3 is 16.9 Å². The van der Waals surface area contributed by atoms with Crippen LogP contribution in [0.25, 0.3) is 11.1 Å². The predicted octanol–water partition coefficient (Wildman–Crippen LogP) is 5.70. The number of aromatic hydroxyl groups is 1. The van der Waals surface area contributed by atoms with Crippen LogP contribution in [0.3, 0.4) is 0 Å². The van der Waals surface area contributed by atoms with E-state index in [0.29, 0.717) is 0 Å². The first-order valence-corrected chi connectivity index (χ1v) is 7.70. The summed E-state index contributed by atoms with van der Waals surface area (Å²) in [7, 11) is 0. The summed E-state index contributed by atoms with van der Waals surface area (Å²) in [5.41, 5.74) is -7.45. The Morgan fingerprint density at radius 1 is 0.897 bits per heavy atom. The van der Waals surface area contributed by atoms with Gasteiger partial charge in [-0.05, 0) is 6.07 Å². The Morgan fingerprint density at radius 2 is 1.38 bits per heavy atom. The maximum absolute atomic E-state index is 14.1. The number of phenols is 1. The number of nitrogens with one attached hydrogen (secondary N) is 1. The smallest absolute Gasteiger partial charge is 0.422 e. The van der Waals surface area contributed by atoms with Crippen molar-refractivity contribution < 1.29 is 53.8 Å². The zero-order chi connectivity index (χ0) is 22.5. The standard InChI is InChI=1S/C15H4BrF10NO2/c16-14(22,23)13(29)27-5-1-3(4(17)2-6(5)28)7-9(18)11(20)8(15(24,25)26)12(21)10(7)19/h1-2,28H,(H,27,29). The van der Waals surface area contributed by atoms with Crippen LogP contribution >= 0.6 is 15.9 Å². The molecule has 0 spiro atoms. The van der Waals surface area contributed by atoms with Gasteiger partial charge in [-0.15, -0.1) is 0 Å². The number of rotatable bonds is 3. The minimum atomic E-state index is -5.84. The number of carbonyl (C=O) groups is 1. The lowest BCUT2D eigenvalue weighted by Crippen LogP contribution is -2.28. The molecule has 0 aliphatic rings. The summed E-state index contributed by atoms with van der Waals surface area (Å²) in [5.74, 6) is -16.3. The number of benzene rings is 2. The van der Waals surface area contributed by atoms with E-state index in [0.717, 1.165) is 0 Å². The number of phenolic OH excluding ortho intramolecular Hbond substituents is 1. The number of amides is 1. The van der Waals surface area contributed by atoms with E-state index in [4.69, 9.17) is 0 Å². The van der Waals surface area contributed by atoms with Crippen LogP contribution in [0, 0.1) is 29.1 Å². The van der Waals surface area contributed by atoms with E-state index in [2.05, 4.69) is 0 Å². The van der Waals surface area contributed by atoms with Crippen molar-refractivity contribution in [1.29, 1.82) is 0 Å². The first kappa shape index (κ1) is 22.8. The van der Waals surface area contributed by atoms with Gasteiger partial charge < -0.3 is 10.4 Å². The molecule has 0 heterocycles. The van der Waals surface area contributed by atoms with Crippen molar-refractivity contribution in [3.8, 4) is 16.9 Å². The molecule has 14 heteroatoms. The predicted molar refractivity (Wildman–Crippen MR) is 80.8 cm³/mol. The lowest BCUT2D eigenvalue weighted by molar-refractivity contribution is -0.143. The van der Waals surface area contributed by atoms with Crippen LogP contribution in [0.1, 0.15) is 5.56 Å². The molecule has 2 aromatic carbocycles. The van der Waals surface area contributed by atoms with Crippen molar-refractivity contribution >= 4 is 27.5 Å². The van der Waals surface area contributed by atoms with Gasteiger partial charge in [0.05, 0.1) is 11.3 Å². The Balaban J connectivity index is 2.76. The Morgan fingerprint density at radius 3 is 1.79 bits per heavy atom. The molecule has 2 aromatic rings. The normalized spacial score (nSPS) is 12.2. The van der Waals surface area contributed by atoms with Gasteiger partial charge in [-0.2, -0.15) is 22.0 Å². The summed E-state index contributed by atoms with van der Waals surface area (Å²) in [6.07, 6.45) is -5.84. The van der Waals surface area contributed by atoms with E-state index < -0.39 is 74.1 Å². The maximum Gasteiger partial charge on any atom is 0.422 e. The average molecular weight is 500 g/mol. The number of halogens is 11. The fraction of sp³-hybridized carbons (Fsp3) is 0.133. The van der Waals surface area contributed by atoms with Crippen LogP contribution in [-0.4, -0.2) is 15.8 Å². The molecule has 0 aliphatic heterocycles. The molecule has 0 fully saturated rings. The molecule has 0 atom stereocenters. The molecule has 2 N–H and O–H groups in total. The minimum Gasteiger partial charge on any atom is -0.506 e. The number of hydrogen-bond donors (Lipinski definition) is 2. The van der Waals surface area contributed by atoms with Crippen LogP contribution in [0.4, 0.5) is 49.6 Å². The van der Waals surface area contributed by atoms with Gasteiger partial charge in [0.1, 0.15) is 17.1 Å². The zero-order valence-electron chi connectivity index (χ0n) is 13.2. The van der Waals surface area contributed by atoms with Gasteiger partial charge in [-0.3, -0.25) is 4.79 Å². The average Bonchev–Trinajstić information content (AvgIpc) is 2.55. The maximum atomic E-state index is 14.1. The molecular weight excluding hydrogens is 496 g/mol. The van der Waals surface area contributed by atoms with Crippen LogP contribution in [0.2, 0.25) is 0 Å². The van der Waals surface area contributed by atoms with Crippen LogP contribution in [-0.2, 0) is 11.0 Å². The van der Waals surface area contributed by atoms with Gasteiger partial charge in [-0.1, -0.05) is 0 Å². The van der Waals surface area contributed by atoms with Crippen molar-refractivity contribution in [2.45, 2.75) is 11.0 Å². The van der Waals surface area contributed by atoms with Gasteiger partial charge in [0, 0.05) is 27.6 Å². The Kier molecular flexibility index (Phi) is 5.80. The van der Waals surface area contributed by atoms with Crippen LogP contribution in [0.15, 0.2) is 12.1 Å². The molecule has 3 nitrogen and oxygen atoms in total. The number of hydrogen-bond acceptors (Lipinski definition) is 2. The fourth-order valence-corrected chi connectivity index (χ4v) is 2.26. The quantitative estimate of drug-likeness (QED) is 0.246. The van der Waals surface area contributed by atoms with E-state index in [9.17, 15) is 53.8 Å². The molecule has 1 amide bonds. The molecular formula is C15H4BrF10NO2. The summed E-state index contributed by atoms with van der Waals surface area (Å²) >= 11 is 1.65. The fourth-order valence-electron chi connectivity index (χ4n) is 2.16. The summed E-state index contributed by atoms with van der Waals surface area (Å²) in [4.78, 5) is 7.00. The Labute approximate surface area is 162 Å². The van der Waals surface area contributed by atoms with Crippen molar-refractivity contribution in [2.24, 2.45) is 0 Å². The number of carbonyl (C=O) groups excluding carboxylic acids is 1. The third kappa shape index (κ3) is 4.26. The van der Waals surface area contributed by atoms with E-state index in [1.165, 1.54) is 5.32 Å². The molecule has 29 heavy (non-hydrogen) atoms. The zero-order valence-corrected chi connectivity index (χ0v) is 14.8. The van der Waals surface area contributed by atoms with Gasteiger partial charge in [0.2, 0.25) is 0 Å². The molecule has 0 radical (unpaired) electrons. The Bertz CT molecular complexity index is 971. The highest BCUT2D eigenvalue weighted by Gasteiger charge is 2.43. The van der Waals surface area contributed by atoms with Gasteiger partial charge in [0.25, 0.3) is 0 Å². The second-order valence-corrected chi connectivity index (χ2v) is 6.30. The molecule has 0 saturated carbocycles.